The van der Waals surface area contributed by atoms with Gasteiger partial charge in [0.1, 0.15) is 47.7 Å². The molecule has 2 aliphatic heterocycles. The molecule has 0 aliphatic carbocycles. The van der Waals surface area contributed by atoms with Gasteiger partial charge in [-0.1, -0.05) is 83.9 Å². The lowest BCUT2D eigenvalue weighted by Crippen LogP contribution is -2.21. The number of epoxide rings is 2. The van der Waals surface area contributed by atoms with E-state index in [4.69, 9.17) is 32.7 Å². The fourth-order valence-electron chi connectivity index (χ4n) is 6.06. The number of hydrogen-bond acceptors (Lipinski definition) is 8. The van der Waals surface area contributed by atoms with E-state index in [0.29, 0.717) is 33.4 Å². The summed E-state index contributed by atoms with van der Waals surface area (Å²) >= 11 is 13.1. The van der Waals surface area contributed by atoms with Gasteiger partial charge in [0.2, 0.25) is 0 Å². The van der Waals surface area contributed by atoms with E-state index in [1.54, 1.807) is 33.6 Å². The molecule has 4 aromatic carbocycles. The maximum atomic E-state index is 13.9. The van der Waals surface area contributed by atoms with E-state index < -0.39 is 11.2 Å². The van der Waals surface area contributed by atoms with Crippen molar-refractivity contribution in [2.45, 2.75) is 46.8 Å². The average Bonchev–Trinajstić information content (AvgIpc) is 3.86. The Bertz CT molecular complexity index is 1950. The highest BCUT2D eigenvalue weighted by Gasteiger charge is 2.61. The number of benzene rings is 4. The minimum Gasteiger partial charge on any atom is -0.354 e. The van der Waals surface area contributed by atoms with Crippen molar-refractivity contribution < 1.29 is 18.3 Å². The van der Waals surface area contributed by atoms with Gasteiger partial charge in [0.25, 0.3) is 0 Å². The van der Waals surface area contributed by atoms with E-state index in [9.17, 15) is 8.78 Å². The van der Waals surface area contributed by atoms with Crippen molar-refractivity contribution in [3.05, 3.63) is 154 Å². The molecule has 0 saturated carbocycles. The normalized spacial score (nSPS) is 22.9. The first-order chi connectivity index (χ1) is 23.4. The van der Waals surface area contributed by atoms with Crippen LogP contribution in [0.2, 0.25) is 10.0 Å². The zero-order valence-electron chi connectivity index (χ0n) is 24.8. The molecule has 14 heteroatoms. The van der Waals surface area contributed by atoms with Crippen LogP contribution in [0.5, 0.6) is 0 Å². The van der Waals surface area contributed by atoms with Gasteiger partial charge >= 0.3 is 0 Å². The van der Waals surface area contributed by atoms with Crippen molar-refractivity contribution in [1.82, 2.24) is 29.5 Å². The van der Waals surface area contributed by atoms with Crippen molar-refractivity contribution in [2.24, 2.45) is 0 Å². The lowest BCUT2D eigenvalue weighted by molar-refractivity contribution is 0.256. The molecule has 0 bridgehead atoms. The van der Waals surface area contributed by atoms with Crippen LogP contribution >= 0.6 is 44.8 Å². The lowest BCUT2D eigenvalue weighted by atomic mass is 9.91. The third-order valence-electron chi connectivity index (χ3n) is 8.55. The highest BCUT2D eigenvalue weighted by molar-refractivity contribution is 8.76. The number of ether oxygens (including phenoxy) is 2. The summed E-state index contributed by atoms with van der Waals surface area (Å²) in [6.07, 6.45) is 2.24. The van der Waals surface area contributed by atoms with E-state index in [1.807, 2.05) is 48.5 Å². The van der Waals surface area contributed by atoms with Crippen LogP contribution in [-0.2, 0) is 33.8 Å². The summed E-state index contributed by atoms with van der Waals surface area (Å²) in [4.78, 5) is 9.01. The maximum absolute atomic E-state index is 13.9. The minimum absolute atomic E-state index is 0.311. The van der Waals surface area contributed by atoms with Crippen molar-refractivity contribution >= 4 is 44.8 Å². The topological polar surface area (TPSA) is 86.5 Å². The number of halogens is 4. The summed E-state index contributed by atoms with van der Waals surface area (Å²) in [6, 6.07) is 27.6. The highest BCUT2D eigenvalue weighted by Crippen LogP contribution is 2.60. The van der Waals surface area contributed by atoms with Crippen LogP contribution in [-0.4, -0.2) is 29.5 Å². The molecule has 2 fully saturated rings. The number of hydrogen-bond donors (Lipinski definition) is 0. The quantitative estimate of drug-likeness (QED) is 0.0972. The lowest BCUT2D eigenvalue weighted by Gasteiger charge is -2.16. The molecule has 8 nitrogen and oxygen atoms in total. The first-order valence-electron chi connectivity index (χ1n) is 14.8. The van der Waals surface area contributed by atoms with Crippen LogP contribution < -0.4 is 0 Å². The number of nitrogens with zero attached hydrogens (tertiary/aromatic N) is 6. The molecule has 8 rings (SSSR count). The third kappa shape index (κ3) is 5.80. The van der Waals surface area contributed by atoms with Gasteiger partial charge < -0.3 is 9.47 Å². The van der Waals surface area contributed by atoms with Crippen LogP contribution in [0.1, 0.15) is 34.5 Å². The number of aromatic nitrogens is 6. The maximum Gasteiger partial charge on any atom is 0.197 e. The second kappa shape index (κ2) is 12.6. The Morgan fingerprint density at radius 1 is 0.604 bits per heavy atom. The van der Waals surface area contributed by atoms with Gasteiger partial charge in [-0.15, -0.1) is 0 Å². The van der Waals surface area contributed by atoms with Gasteiger partial charge in [-0.25, -0.2) is 28.1 Å². The van der Waals surface area contributed by atoms with E-state index in [2.05, 4.69) is 20.2 Å². The fraction of sp³-hybridized carbons (Fsp3) is 0.176. The SMILES string of the molecule is Fc1ccc(C2(Cn3ncnc3SSc3ncnn3CC3(c4ccc(F)cc4)OC3c3ccccc3Cl)OC2c2ccccc2Cl)cc1. The Morgan fingerprint density at radius 2 is 1.00 bits per heavy atom. The van der Waals surface area contributed by atoms with E-state index >= 15 is 0 Å². The molecule has 4 heterocycles. The molecule has 0 spiro atoms. The summed E-state index contributed by atoms with van der Waals surface area (Å²) in [5.41, 5.74) is 1.63. The summed E-state index contributed by atoms with van der Waals surface area (Å²) in [5, 5.41) is 11.4. The van der Waals surface area contributed by atoms with Crippen LogP contribution in [0, 0.1) is 11.6 Å². The molecular weight excluding hydrogens is 697 g/mol. The second-order valence-corrected chi connectivity index (χ2v) is 14.3. The predicted octanol–water partition coefficient (Wildman–Crippen LogP) is 8.59. The molecule has 2 aromatic heterocycles. The molecule has 4 unspecified atom stereocenters. The minimum atomic E-state index is -0.828. The Morgan fingerprint density at radius 3 is 1.40 bits per heavy atom. The molecule has 242 valence electrons. The Kier molecular flexibility index (Phi) is 8.26. The Hall–Kier alpha value is -3.78. The fourth-order valence-corrected chi connectivity index (χ4v) is 8.47. The molecular formula is C34H24Cl2F2N6O2S2. The van der Waals surface area contributed by atoms with E-state index in [0.717, 1.165) is 22.3 Å². The van der Waals surface area contributed by atoms with Gasteiger partial charge in [0.15, 0.2) is 10.3 Å². The summed E-state index contributed by atoms with van der Waals surface area (Å²) < 4.78 is 44.1. The summed E-state index contributed by atoms with van der Waals surface area (Å²) in [5.74, 6) is -0.672. The van der Waals surface area contributed by atoms with Crippen LogP contribution in [0.15, 0.2) is 120 Å². The van der Waals surface area contributed by atoms with Crippen LogP contribution in [0.4, 0.5) is 8.78 Å². The van der Waals surface area contributed by atoms with Gasteiger partial charge in [-0.3, -0.25) is 0 Å². The van der Waals surface area contributed by atoms with Gasteiger partial charge in [0, 0.05) is 21.2 Å². The van der Waals surface area contributed by atoms with Crippen molar-refractivity contribution in [1.29, 1.82) is 0 Å². The van der Waals surface area contributed by atoms with Crippen LogP contribution in [0.3, 0.4) is 0 Å². The Labute approximate surface area is 291 Å². The molecule has 2 aliphatic rings. The largest absolute Gasteiger partial charge is 0.354 e. The molecule has 0 amide bonds. The van der Waals surface area contributed by atoms with Gasteiger partial charge in [0.05, 0.1) is 13.1 Å². The standard InChI is InChI=1S/C34H24Cl2F2N6O2S2/c35-27-7-3-1-5-25(27)29-33(45-29,21-9-13-23(37)14-10-21)17-43-31(39-19-41-43)47-48-32-40-20-42-44(32)18-34(22-11-15-24(38)16-12-22)30(46-34)26-6-2-4-8-28(26)36/h1-16,19-20,29-30H,17-18H2. The van der Waals surface area contributed by atoms with Gasteiger partial charge in [-0.05, 0) is 69.1 Å². The van der Waals surface area contributed by atoms with Crippen molar-refractivity contribution in [2.75, 3.05) is 0 Å². The van der Waals surface area contributed by atoms with Crippen molar-refractivity contribution in [3.63, 3.8) is 0 Å². The Balaban J connectivity index is 1.04. The zero-order chi connectivity index (χ0) is 32.9. The van der Waals surface area contributed by atoms with Crippen LogP contribution in [0.25, 0.3) is 0 Å². The van der Waals surface area contributed by atoms with Crippen molar-refractivity contribution in [3.8, 4) is 0 Å². The van der Waals surface area contributed by atoms with E-state index in [-0.39, 0.29) is 23.8 Å². The molecule has 2 saturated heterocycles. The summed E-state index contributed by atoms with van der Waals surface area (Å²) in [7, 11) is 2.73. The average molecular weight is 722 g/mol. The molecule has 6 aromatic rings. The smallest absolute Gasteiger partial charge is 0.197 e. The van der Waals surface area contributed by atoms with Gasteiger partial charge in [-0.2, -0.15) is 10.2 Å². The third-order valence-corrected chi connectivity index (χ3v) is 11.4. The first-order valence-corrected chi connectivity index (χ1v) is 17.7. The summed E-state index contributed by atoms with van der Waals surface area (Å²) in [6.45, 7) is 0.621. The molecule has 48 heavy (non-hydrogen) atoms. The predicted molar refractivity (Wildman–Crippen MR) is 178 cm³/mol. The highest BCUT2D eigenvalue weighted by atomic mass is 35.5. The first kappa shape index (κ1) is 31.5. The zero-order valence-corrected chi connectivity index (χ0v) is 27.9. The second-order valence-electron chi connectivity index (χ2n) is 11.4. The van der Waals surface area contributed by atoms with E-state index in [1.165, 1.54) is 58.5 Å². The molecule has 0 N–H and O–H groups in total. The molecule has 0 radical (unpaired) electrons. The molecule has 4 atom stereocenters. The monoisotopic (exact) mass is 720 g/mol. The number of rotatable bonds is 11.